The van der Waals surface area contributed by atoms with Crippen molar-refractivity contribution in [3.05, 3.63) is 51.9 Å². The molecule has 0 spiro atoms. The van der Waals surface area contributed by atoms with Crippen molar-refractivity contribution >= 4 is 11.5 Å². The van der Waals surface area contributed by atoms with Gasteiger partial charge in [-0.05, 0) is 31.0 Å². The zero-order valence-electron chi connectivity index (χ0n) is 14.3. The van der Waals surface area contributed by atoms with Crippen LogP contribution in [0.4, 0.5) is 5.69 Å². The molecule has 1 aromatic carbocycles. The maximum Gasteiger partial charge on any atom is 0.280 e. The Morgan fingerprint density at radius 2 is 2.08 bits per heavy atom. The quantitative estimate of drug-likeness (QED) is 0.790. The van der Waals surface area contributed by atoms with E-state index in [1.807, 2.05) is 29.2 Å². The Bertz CT molecular complexity index is 827. The second-order valence-electron chi connectivity index (χ2n) is 6.09. The number of hydrogen-bond acceptors (Lipinski definition) is 6. The fourth-order valence-electron chi connectivity index (χ4n) is 2.99. The summed E-state index contributed by atoms with van der Waals surface area (Å²) < 4.78 is 6.41. The van der Waals surface area contributed by atoms with E-state index in [0.29, 0.717) is 12.2 Å². The lowest BCUT2D eigenvalue weighted by molar-refractivity contribution is 0.101. The molecule has 1 fully saturated rings. The van der Waals surface area contributed by atoms with Crippen molar-refractivity contribution in [2.75, 3.05) is 25.2 Å². The number of anilines is 1. The minimum atomic E-state index is -0.413. The van der Waals surface area contributed by atoms with Crippen molar-refractivity contribution in [3.63, 3.8) is 0 Å². The summed E-state index contributed by atoms with van der Waals surface area (Å²) in [4.78, 5) is 26.7. The molecule has 2 heterocycles. The predicted molar refractivity (Wildman–Crippen MR) is 93.4 cm³/mol. The Morgan fingerprint density at radius 3 is 2.60 bits per heavy atom. The summed E-state index contributed by atoms with van der Waals surface area (Å²) in [7, 11) is 1.59. The first-order chi connectivity index (χ1) is 12.0. The molecule has 0 radical (unpaired) electrons. The molecule has 0 amide bonds. The highest BCUT2D eigenvalue weighted by Gasteiger charge is 2.31. The Hall–Kier alpha value is -2.67. The second kappa shape index (κ2) is 7.06. The molecular formula is C18H21N3O4. The molecular weight excluding hydrogens is 322 g/mol. The van der Waals surface area contributed by atoms with Crippen molar-refractivity contribution in [1.29, 1.82) is 0 Å². The molecule has 25 heavy (non-hydrogen) atoms. The van der Waals surface area contributed by atoms with Gasteiger partial charge in [-0.3, -0.25) is 9.59 Å². The highest BCUT2D eigenvalue weighted by atomic mass is 16.5. The summed E-state index contributed by atoms with van der Waals surface area (Å²) in [6, 6.07) is 7.27. The summed E-state index contributed by atoms with van der Waals surface area (Å²) in [6.07, 6.45) is 2.38. The first-order valence-electron chi connectivity index (χ1n) is 8.16. The average molecular weight is 343 g/mol. The third-order valence-corrected chi connectivity index (χ3v) is 4.53. The van der Waals surface area contributed by atoms with E-state index in [-0.39, 0.29) is 30.5 Å². The Labute approximate surface area is 145 Å². The van der Waals surface area contributed by atoms with Crippen LogP contribution in [0.15, 0.2) is 35.3 Å². The maximum atomic E-state index is 12.8. The molecule has 3 rings (SSSR count). The monoisotopic (exact) mass is 343 g/mol. The smallest absolute Gasteiger partial charge is 0.280 e. The summed E-state index contributed by atoms with van der Waals surface area (Å²) in [5.74, 6) is 0.436. The molecule has 1 aliphatic rings. The molecule has 1 unspecified atom stereocenters. The van der Waals surface area contributed by atoms with Crippen LogP contribution in [0.5, 0.6) is 5.75 Å². The number of hydrogen-bond donors (Lipinski definition) is 1. The SMILES string of the molecule is COc1ccc(Cn2ncc(N3CCC3CO)c(C(C)=O)c2=O)cc1. The molecule has 1 aromatic heterocycles. The van der Waals surface area contributed by atoms with Crippen LogP contribution in [-0.4, -0.2) is 47.0 Å². The maximum absolute atomic E-state index is 12.8. The molecule has 0 aliphatic carbocycles. The van der Waals surface area contributed by atoms with Gasteiger partial charge in [-0.2, -0.15) is 5.10 Å². The van der Waals surface area contributed by atoms with Gasteiger partial charge in [0.25, 0.3) is 5.56 Å². The molecule has 0 bridgehead atoms. The van der Waals surface area contributed by atoms with Crippen molar-refractivity contribution in [2.45, 2.75) is 25.9 Å². The Morgan fingerprint density at radius 1 is 1.36 bits per heavy atom. The summed E-state index contributed by atoms with van der Waals surface area (Å²) >= 11 is 0. The van der Waals surface area contributed by atoms with Crippen molar-refractivity contribution in [2.24, 2.45) is 0 Å². The first-order valence-corrected chi connectivity index (χ1v) is 8.16. The number of carbonyl (C=O) groups is 1. The van der Waals surface area contributed by atoms with E-state index >= 15 is 0 Å². The zero-order chi connectivity index (χ0) is 18.0. The molecule has 7 nitrogen and oxygen atoms in total. The number of Topliss-reactive ketones (excluding diaryl/α,β-unsaturated/α-hetero) is 1. The highest BCUT2D eigenvalue weighted by molar-refractivity contribution is 5.99. The molecule has 0 saturated carbocycles. The van der Waals surface area contributed by atoms with Crippen LogP contribution in [0.3, 0.4) is 0 Å². The third kappa shape index (κ3) is 3.28. The van der Waals surface area contributed by atoms with E-state index in [2.05, 4.69) is 5.10 Å². The number of ether oxygens (including phenoxy) is 1. The molecule has 1 aliphatic heterocycles. The van der Waals surface area contributed by atoms with Crippen LogP contribution in [0.25, 0.3) is 0 Å². The number of aromatic nitrogens is 2. The van der Waals surface area contributed by atoms with Crippen molar-refractivity contribution in [3.8, 4) is 5.75 Å². The number of ketones is 1. The Balaban J connectivity index is 1.94. The average Bonchev–Trinajstić information content (AvgIpc) is 2.57. The lowest BCUT2D eigenvalue weighted by atomic mass is 10.0. The zero-order valence-corrected chi connectivity index (χ0v) is 14.3. The van der Waals surface area contributed by atoms with E-state index in [9.17, 15) is 14.7 Å². The van der Waals surface area contributed by atoms with E-state index in [0.717, 1.165) is 17.7 Å². The lowest BCUT2D eigenvalue weighted by Crippen LogP contribution is -2.51. The third-order valence-electron chi connectivity index (χ3n) is 4.53. The molecule has 7 heteroatoms. The van der Waals surface area contributed by atoms with Crippen molar-refractivity contribution < 1.29 is 14.6 Å². The van der Waals surface area contributed by atoms with Gasteiger partial charge >= 0.3 is 0 Å². The van der Waals surface area contributed by atoms with Gasteiger partial charge in [0.2, 0.25) is 0 Å². The van der Waals surface area contributed by atoms with Crippen LogP contribution in [-0.2, 0) is 6.54 Å². The number of carbonyl (C=O) groups excluding carboxylic acids is 1. The Kier molecular flexibility index (Phi) is 4.85. The number of aliphatic hydroxyl groups is 1. The number of nitrogens with zero attached hydrogens (tertiary/aromatic N) is 3. The van der Waals surface area contributed by atoms with Crippen LogP contribution >= 0.6 is 0 Å². The fraction of sp³-hybridized carbons (Fsp3) is 0.389. The van der Waals surface area contributed by atoms with Gasteiger partial charge in [-0.15, -0.1) is 0 Å². The molecule has 2 aromatic rings. The van der Waals surface area contributed by atoms with Gasteiger partial charge in [0.05, 0.1) is 38.2 Å². The second-order valence-corrected chi connectivity index (χ2v) is 6.09. The number of methoxy groups -OCH3 is 1. The molecule has 132 valence electrons. The normalized spacial score (nSPS) is 16.4. The standard InChI is InChI=1S/C18H21N3O4/c1-12(23)17-16(20-8-7-14(20)11-22)9-19-21(18(17)24)10-13-3-5-15(25-2)6-4-13/h3-6,9,14,22H,7-8,10-11H2,1-2H3. The predicted octanol–water partition coefficient (Wildman–Crippen LogP) is 1.07. The van der Waals surface area contributed by atoms with Crippen LogP contribution in [0.1, 0.15) is 29.3 Å². The van der Waals surface area contributed by atoms with Crippen LogP contribution in [0, 0.1) is 0 Å². The summed E-state index contributed by atoms with van der Waals surface area (Å²) in [5.41, 5.74) is 1.11. The minimum absolute atomic E-state index is 0.00766. The van der Waals surface area contributed by atoms with Gasteiger partial charge < -0.3 is 14.7 Å². The number of rotatable bonds is 6. The van der Waals surface area contributed by atoms with Crippen LogP contribution in [0.2, 0.25) is 0 Å². The van der Waals surface area contributed by atoms with Gasteiger partial charge in [-0.25, -0.2) is 4.68 Å². The topological polar surface area (TPSA) is 84.7 Å². The molecule has 1 atom stereocenters. The van der Waals surface area contributed by atoms with Gasteiger partial charge in [0.1, 0.15) is 11.3 Å². The van der Waals surface area contributed by atoms with Crippen LogP contribution < -0.4 is 15.2 Å². The van der Waals surface area contributed by atoms with E-state index in [1.54, 1.807) is 13.3 Å². The van der Waals surface area contributed by atoms with E-state index in [4.69, 9.17) is 4.74 Å². The largest absolute Gasteiger partial charge is 0.497 e. The van der Waals surface area contributed by atoms with Gasteiger partial charge in [-0.1, -0.05) is 12.1 Å². The minimum Gasteiger partial charge on any atom is -0.497 e. The fourth-order valence-corrected chi connectivity index (χ4v) is 2.99. The molecule has 1 saturated heterocycles. The number of aliphatic hydroxyl groups excluding tert-OH is 1. The first kappa shape index (κ1) is 17.2. The highest BCUT2D eigenvalue weighted by Crippen LogP contribution is 2.27. The summed E-state index contributed by atoms with van der Waals surface area (Å²) in [6.45, 7) is 2.35. The van der Waals surface area contributed by atoms with E-state index < -0.39 is 5.56 Å². The number of benzene rings is 1. The molecule has 1 N–H and O–H groups in total. The van der Waals surface area contributed by atoms with Gasteiger partial charge in [0.15, 0.2) is 5.78 Å². The van der Waals surface area contributed by atoms with Gasteiger partial charge in [0, 0.05) is 6.54 Å². The summed E-state index contributed by atoms with van der Waals surface area (Å²) in [5, 5.41) is 13.6. The van der Waals surface area contributed by atoms with Crippen molar-refractivity contribution in [1.82, 2.24) is 9.78 Å². The van der Waals surface area contributed by atoms with E-state index in [1.165, 1.54) is 11.6 Å². The lowest BCUT2D eigenvalue weighted by Gasteiger charge is -2.42.